The Morgan fingerprint density at radius 2 is 1.90 bits per heavy atom. The van der Waals surface area contributed by atoms with Gasteiger partial charge >= 0.3 is 12.1 Å². The van der Waals surface area contributed by atoms with Gasteiger partial charge in [-0.25, -0.2) is 4.79 Å². The number of esters is 1. The van der Waals surface area contributed by atoms with Crippen LogP contribution in [0.2, 0.25) is 0 Å². The summed E-state index contributed by atoms with van der Waals surface area (Å²) in [4.78, 5) is 30.0. The second kappa shape index (κ2) is 10.0. The number of hydrogen-bond donors (Lipinski definition) is 1. The van der Waals surface area contributed by atoms with Crippen LogP contribution in [0, 0.1) is 0 Å². The van der Waals surface area contributed by atoms with Crippen molar-refractivity contribution < 1.29 is 24.2 Å². The van der Waals surface area contributed by atoms with Crippen molar-refractivity contribution in [3.63, 3.8) is 0 Å². The van der Waals surface area contributed by atoms with Crippen LogP contribution in [0.3, 0.4) is 0 Å². The van der Waals surface area contributed by atoms with Crippen LogP contribution in [0.5, 0.6) is 0 Å². The highest BCUT2D eigenvalue weighted by Gasteiger charge is 2.37. The molecule has 1 N–H and O–H groups in total. The lowest BCUT2D eigenvalue weighted by molar-refractivity contribution is -0.148. The van der Waals surface area contributed by atoms with E-state index < -0.39 is 6.09 Å². The Kier molecular flexibility index (Phi) is 7.46. The number of carbonyl (C=O) groups excluding carboxylic acids is 1. The molecule has 1 aromatic carbocycles. The number of carboxylic acid groups (broad SMARTS) is 1. The topological polar surface area (TPSA) is 82.6 Å². The first-order valence-electron chi connectivity index (χ1n) is 10.2. The Morgan fingerprint density at radius 3 is 2.59 bits per heavy atom. The van der Waals surface area contributed by atoms with Gasteiger partial charge in [0, 0.05) is 44.3 Å². The summed E-state index contributed by atoms with van der Waals surface area (Å²) in [5, 5.41) is 9.54. The van der Waals surface area contributed by atoms with Crippen molar-refractivity contribution in [3.8, 4) is 0 Å². The highest BCUT2D eigenvalue weighted by molar-refractivity contribution is 5.72. The second-order valence-corrected chi connectivity index (χ2v) is 7.93. The van der Waals surface area contributed by atoms with Crippen LogP contribution in [-0.2, 0) is 20.9 Å². The van der Waals surface area contributed by atoms with Crippen LogP contribution < -0.4 is 0 Å². The third-order valence-corrected chi connectivity index (χ3v) is 5.73. The number of nitrogens with zero attached hydrogens (tertiary/aromatic N) is 3. The van der Waals surface area contributed by atoms with Crippen LogP contribution in [-0.4, -0.2) is 95.9 Å². The van der Waals surface area contributed by atoms with Crippen molar-refractivity contribution in [2.24, 2.45) is 0 Å². The smallest absolute Gasteiger partial charge is 0.407 e. The molecule has 29 heavy (non-hydrogen) atoms. The molecule has 2 aliphatic rings. The fourth-order valence-corrected chi connectivity index (χ4v) is 4.00. The Balaban J connectivity index is 1.62. The molecule has 2 aliphatic heterocycles. The Hall–Kier alpha value is -2.16. The molecule has 0 spiro atoms. The van der Waals surface area contributed by atoms with E-state index in [4.69, 9.17) is 9.47 Å². The van der Waals surface area contributed by atoms with Gasteiger partial charge in [0.25, 0.3) is 0 Å². The van der Waals surface area contributed by atoms with Gasteiger partial charge in [0.15, 0.2) is 0 Å². The molecule has 0 unspecified atom stereocenters. The van der Waals surface area contributed by atoms with Gasteiger partial charge in [-0.2, -0.15) is 0 Å². The van der Waals surface area contributed by atoms with Crippen molar-refractivity contribution >= 4 is 12.1 Å². The minimum atomic E-state index is -0.913. The van der Waals surface area contributed by atoms with Crippen molar-refractivity contribution in [2.45, 2.75) is 38.6 Å². The third-order valence-electron chi connectivity index (χ3n) is 5.73. The molecule has 0 bridgehead atoms. The van der Waals surface area contributed by atoms with E-state index in [9.17, 15) is 14.7 Å². The maximum Gasteiger partial charge on any atom is 0.407 e. The number of morpholine rings is 1. The highest BCUT2D eigenvalue weighted by Crippen LogP contribution is 2.19. The van der Waals surface area contributed by atoms with Gasteiger partial charge in [-0.05, 0) is 19.4 Å². The maximum atomic E-state index is 12.5. The first-order chi connectivity index (χ1) is 13.9. The molecule has 8 nitrogen and oxygen atoms in total. The molecule has 2 saturated heterocycles. The molecule has 0 radical (unpaired) electrons. The van der Waals surface area contributed by atoms with Crippen LogP contribution in [0.25, 0.3) is 0 Å². The summed E-state index contributed by atoms with van der Waals surface area (Å²) in [6.07, 6.45) is -0.913. The van der Waals surface area contributed by atoms with Crippen molar-refractivity contribution in [2.75, 3.05) is 45.9 Å². The van der Waals surface area contributed by atoms with E-state index in [2.05, 4.69) is 16.7 Å². The summed E-state index contributed by atoms with van der Waals surface area (Å²) < 4.78 is 11.0. The normalized spacial score (nSPS) is 26.3. The number of amides is 1. The highest BCUT2D eigenvalue weighted by atomic mass is 16.5. The summed E-state index contributed by atoms with van der Waals surface area (Å²) in [5.74, 6) is -0.287. The number of hydrogen-bond acceptors (Lipinski definition) is 6. The van der Waals surface area contributed by atoms with Crippen molar-refractivity contribution in [1.29, 1.82) is 0 Å². The number of ether oxygens (including phenoxy) is 2. The maximum absolute atomic E-state index is 12.5. The van der Waals surface area contributed by atoms with E-state index in [1.807, 2.05) is 37.3 Å². The first-order valence-corrected chi connectivity index (χ1v) is 10.2. The van der Waals surface area contributed by atoms with Gasteiger partial charge < -0.3 is 19.5 Å². The second-order valence-electron chi connectivity index (χ2n) is 7.93. The molecule has 160 valence electrons. The third kappa shape index (κ3) is 5.91. The molecule has 3 rings (SSSR count). The van der Waals surface area contributed by atoms with Crippen LogP contribution >= 0.6 is 0 Å². The Labute approximate surface area is 172 Å². The molecule has 2 heterocycles. The number of carbonyl (C=O) groups is 2. The van der Waals surface area contributed by atoms with Crippen LogP contribution in [0.1, 0.15) is 19.4 Å². The first kappa shape index (κ1) is 21.5. The zero-order chi connectivity index (χ0) is 20.8. The van der Waals surface area contributed by atoms with Gasteiger partial charge in [-0.15, -0.1) is 0 Å². The van der Waals surface area contributed by atoms with E-state index in [-0.39, 0.29) is 37.2 Å². The average Bonchev–Trinajstić information content (AvgIpc) is 2.70. The Bertz CT molecular complexity index is 686. The summed E-state index contributed by atoms with van der Waals surface area (Å²) in [6.45, 7) is 8.15. The minimum Gasteiger partial charge on any atom is -0.465 e. The molecule has 0 saturated carbocycles. The van der Waals surface area contributed by atoms with Gasteiger partial charge in [0.05, 0.1) is 19.8 Å². The molecule has 3 atom stereocenters. The molecule has 1 amide bonds. The molecule has 0 aliphatic carbocycles. The summed E-state index contributed by atoms with van der Waals surface area (Å²) in [6, 6.07) is 9.62. The monoisotopic (exact) mass is 405 g/mol. The fraction of sp³-hybridized carbons (Fsp3) is 0.619. The predicted octanol–water partition coefficient (Wildman–Crippen LogP) is 1.50. The summed E-state index contributed by atoms with van der Waals surface area (Å²) in [5.41, 5.74) is 0.948. The molecule has 0 aromatic heterocycles. The zero-order valence-electron chi connectivity index (χ0n) is 17.2. The lowest BCUT2D eigenvalue weighted by Crippen LogP contribution is -2.63. The number of benzene rings is 1. The molecular weight excluding hydrogens is 374 g/mol. The lowest BCUT2D eigenvalue weighted by Gasteiger charge is -2.46. The lowest BCUT2D eigenvalue weighted by atomic mass is 10.1. The van der Waals surface area contributed by atoms with Gasteiger partial charge in [-0.1, -0.05) is 30.3 Å². The number of rotatable bonds is 6. The van der Waals surface area contributed by atoms with Crippen LogP contribution in [0.4, 0.5) is 4.79 Å². The Morgan fingerprint density at radius 1 is 1.14 bits per heavy atom. The zero-order valence-corrected chi connectivity index (χ0v) is 17.2. The van der Waals surface area contributed by atoms with Gasteiger partial charge in [-0.3, -0.25) is 14.6 Å². The van der Waals surface area contributed by atoms with E-state index in [1.165, 1.54) is 4.90 Å². The van der Waals surface area contributed by atoms with E-state index in [1.54, 1.807) is 0 Å². The quantitative estimate of drug-likeness (QED) is 0.718. The SMILES string of the molecule is C[C@@H]1COCCN1C[C@H]1CN(C(=O)O)[C@H](C)CN1CC(=O)OCc1ccccc1. The summed E-state index contributed by atoms with van der Waals surface area (Å²) in [7, 11) is 0. The van der Waals surface area contributed by atoms with Crippen molar-refractivity contribution in [3.05, 3.63) is 35.9 Å². The fourth-order valence-electron chi connectivity index (χ4n) is 4.00. The van der Waals surface area contributed by atoms with Gasteiger partial charge in [0.2, 0.25) is 0 Å². The van der Waals surface area contributed by atoms with Gasteiger partial charge in [0.1, 0.15) is 6.61 Å². The average molecular weight is 405 g/mol. The number of piperazine rings is 1. The molecule has 1 aromatic rings. The minimum absolute atomic E-state index is 0.0628. The molecule has 2 fully saturated rings. The largest absolute Gasteiger partial charge is 0.465 e. The molecular formula is C21H31N3O5. The standard InChI is InChI=1S/C21H31N3O5/c1-16-10-23(13-20(25)29-15-18-6-4-3-5-7-18)19(12-24(16)21(26)27)11-22-8-9-28-14-17(22)2/h3-7,16-17,19H,8-15H2,1-2H3,(H,26,27)/t16-,17-,19+/m1/s1. The van der Waals surface area contributed by atoms with Crippen LogP contribution in [0.15, 0.2) is 30.3 Å². The van der Waals surface area contributed by atoms with Crippen molar-refractivity contribution in [1.82, 2.24) is 14.7 Å². The van der Waals surface area contributed by atoms with E-state index in [0.717, 1.165) is 12.1 Å². The summed E-state index contributed by atoms with van der Waals surface area (Å²) >= 11 is 0. The van der Waals surface area contributed by atoms with E-state index >= 15 is 0 Å². The van der Waals surface area contributed by atoms with E-state index in [0.29, 0.717) is 32.8 Å². The molecule has 8 heteroatoms. The predicted molar refractivity (Wildman–Crippen MR) is 108 cm³/mol.